The molecule has 1 amide bonds. The van der Waals surface area contributed by atoms with Crippen molar-refractivity contribution in [1.82, 2.24) is 10.2 Å². The average Bonchev–Trinajstić information content (AvgIpc) is 3.13. The summed E-state index contributed by atoms with van der Waals surface area (Å²) in [4.78, 5) is 27.7. The third kappa shape index (κ3) is 4.87. The number of carbonyl (C=O) groups is 2. The second-order valence-electron chi connectivity index (χ2n) is 9.73. The Morgan fingerprint density at radius 3 is 2.51 bits per heavy atom. The number of hydrogen-bond donors (Lipinski definition) is 2. The van der Waals surface area contributed by atoms with Crippen molar-refractivity contribution in [2.45, 2.75) is 69.3 Å². The smallest absolute Gasteiger partial charge is 0.264 e. The average molecular weight is 485 g/mol. The third-order valence-electron chi connectivity index (χ3n) is 7.55. The third-order valence-corrected chi connectivity index (χ3v) is 7.55. The number of rotatable bonds is 7. The van der Waals surface area contributed by atoms with Crippen LogP contribution in [0.5, 0.6) is 0 Å². The molecule has 2 unspecified atom stereocenters. The van der Waals surface area contributed by atoms with Crippen LogP contribution in [0, 0.1) is 0 Å². The number of Topliss-reactive ketones (excluding diaryl/α,β-unsaturated/α-hetero) is 1. The van der Waals surface area contributed by atoms with Gasteiger partial charge in [-0.25, -0.2) is 8.78 Å². The van der Waals surface area contributed by atoms with Gasteiger partial charge < -0.3 is 20.1 Å². The normalized spacial score (nSPS) is 24.3. The van der Waals surface area contributed by atoms with Crippen LogP contribution in [0.15, 0.2) is 42.5 Å². The molecule has 0 aromatic heterocycles. The summed E-state index contributed by atoms with van der Waals surface area (Å²) >= 11 is 0. The highest BCUT2D eigenvalue weighted by molar-refractivity contribution is 6.00. The molecule has 5 rings (SSSR count). The molecule has 2 fully saturated rings. The van der Waals surface area contributed by atoms with Crippen molar-refractivity contribution in [2.75, 3.05) is 13.2 Å². The summed E-state index contributed by atoms with van der Waals surface area (Å²) in [5.41, 5.74) is 2.00. The van der Waals surface area contributed by atoms with E-state index in [0.717, 1.165) is 24.5 Å². The maximum Gasteiger partial charge on any atom is 0.264 e. The fourth-order valence-corrected chi connectivity index (χ4v) is 5.61. The van der Waals surface area contributed by atoms with E-state index in [0.29, 0.717) is 26.2 Å². The molecule has 4 atom stereocenters. The van der Waals surface area contributed by atoms with Crippen LogP contribution in [0.2, 0.25) is 0 Å². The molecule has 2 bridgehead atoms. The first kappa shape index (κ1) is 24.0. The summed E-state index contributed by atoms with van der Waals surface area (Å²) in [6.07, 6.45) is -1.21. The Morgan fingerprint density at radius 1 is 1.09 bits per heavy atom. The van der Waals surface area contributed by atoms with Crippen molar-refractivity contribution in [3.63, 3.8) is 0 Å². The van der Waals surface area contributed by atoms with Crippen LogP contribution in [0.1, 0.15) is 69.5 Å². The fraction of sp³-hybridized carbons (Fsp3) is 0.481. The van der Waals surface area contributed by atoms with Crippen LogP contribution < -0.4 is 5.32 Å². The van der Waals surface area contributed by atoms with Gasteiger partial charge in [-0.2, -0.15) is 0 Å². The number of nitrogens with one attached hydrogen (secondary N) is 1. The molecule has 2 saturated heterocycles. The van der Waals surface area contributed by atoms with Crippen LogP contribution in [-0.4, -0.2) is 59.1 Å². The molecule has 2 aromatic carbocycles. The molecule has 0 spiro atoms. The number of alkyl halides is 2. The van der Waals surface area contributed by atoms with Crippen LogP contribution in [-0.2, 0) is 17.7 Å². The van der Waals surface area contributed by atoms with Crippen molar-refractivity contribution in [3.8, 4) is 0 Å². The van der Waals surface area contributed by atoms with Crippen LogP contribution in [0.3, 0.4) is 0 Å². The number of ketones is 1. The van der Waals surface area contributed by atoms with Gasteiger partial charge in [0.05, 0.1) is 31.4 Å². The zero-order chi connectivity index (χ0) is 24.5. The number of amides is 1. The maximum atomic E-state index is 13.9. The first-order valence-corrected chi connectivity index (χ1v) is 12.3. The SMILES string of the molecule is O=C(CC[C@@H](O)[C@@H]1Cc2ccccc2CN1)c1ccc(C(=O)N2C3CCC2COC3)cc1C(F)F. The lowest BCUT2D eigenvalue weighted by molar-refractivity contribution is -0.00717. The lowest BCUT2D eigenvalue weighted by atomic mass is 9.90. The molecule has 35 heavy (non-hydrogen) atoms. The van der Waals surface area contributed by atoms with Crippen molar-refractivity contribution >= 4 is 11.7 Å². The van der Waals surface area contributed by atoms with Crippen LogP contribution in [0.25, 0.3) is 0 Å². The molecule has 186 valence electrons. The van der Waals surface area contributed by atoms with Gasteiger partial charge in [-0.15, -0.1) is 0 Å². The number of morpholine rings is 1. The highest BCUT2D eigenvalue weighted by Crippen LogP contribution is 2.32. The van der Waals surface area contributed by atoms with Gasteiger partial charge in [-0.1, -0.05) is 30.3 Å². The number of halogens is 2. The standard InChI is InChI=1S/C27H30F2N2O4/c28-26(29)22-11-17(27(34)31-19-6-7-20(31)15-35-14-19)5-8-21(22)24(32)9-10-25(33)23-12-16-3-1-2-4-18(16)13-30-23/h1-5,8,11,19-20,23,25-26,30,33H,6-7,9-10,12-15H2/t19?,20?,23-,25+/m0/s1. The summed E-state index contributed by atoms with van der Waals surface area (Å²) in [5, 5.41) is 14.0. The molecule has 3 aliphatic heterocycles. The molecule has 2 N–H and O–H groups in total. The molecule has 0 saturated carbocycles. The summed E-state index contributed by atoms with van der Waals surface area (Å²) in [6, 6.07) is 11.7. The highest BCUT2D eigenvalue weighted by atomic mass is 19.3. The van der Waals surface area contributed by atoms with Crippen molar-refractivity contribution in [3.05, 3.63) is 70.3 Å². The lowest BCUT2D eigenvalue weighted by Crippen LogP contribution is -2.49. The molecule has 0 aliphatic carbocycles. The van der Waals surface area contributed by atoms with E-state index < -0.39 is 23.9 Å². The summed E-state index contributed by atoms with van der Waals surface area (Å²) in [7, 11) is 0. The number of benzene rings is 2. The molecular formula is C27H30F2N2O4. The zero-order valence-electron chi connectivity index (χ0n) is 19.5. The predicted octanol–water partition coefficient (Wildman–Crippen LogP) is 3.67. The number of carbonyl (C=O) groups excluding carboxylic acids is 2. The van der Waals surface area contributed by atoms with Crippen molar-refractivity contribution in [2.24, 2.45) is 0 Å². The van der Waals surface area contributed by atoms with Crippen LogP contribution in [0.4, 0.5) is 8.78 Å². The van der Waals surface area contributed by atoms with E-state index in [1.165, 1.54) is 17.7 Å². The Balaban J connectivity index is 1.25. The minimum absolute atomic E-state index is 0.0283. The van der Waals surface area contributed by atoms with Gasteiger partial charge in [0.2, 0.25) is 0 Å². The van der Waals surface area contributed by atoms with Crippen LogP contribution >= 0.6 is 0 Å². The van der Waals surface area contributed by atoms with E-state index in [1.807, 2.05) is 24.3 Å². The number of aliphatic hydroxyl groups is 1. The highest BCUT2D eigenvalue weighted by Gasteiger charge is 2.41. The van der Waals surface area contributed by atoms with Gasteiger partial charge in [-0.3, -0.25) is 9.59 Å². The van der Waals surface area contributed by atoms with Crippen molar-refractivity contribution in [1.29, 1.82) is 0 Å². The van der Waals surface area contributed by atoms with Gasteiger partial charge in [0, 0.05) is 35.7 Å². The fourth-order valence-electron chi connectivity index (χ4n) is 5.61. The van der Waals surface area contributed by atoms with E-state index in [2.05, 4.69) is 5.32 Å². The molecule has 2 aromatic rings. The van der Waals surface area contributed by atoms with Gasteiger partial charge in [0.1, 0.15) is 0 Å². The van der Waals surface area contributed by atoms with E-state index in [-0.39, 0.29) is 48.0 Å². The Morgan fingerprint density at radius 2 is 1.80 bits per heavy atom. The Hall–Kier alpha value is -2.68. The largest absolute Gasteiger partial charge is 0.391 e. The summed E-state index contributed by atoms with van der Waals surface area (Å²) in [5.74, 6) is -0.748. The van der Waals surface area contributed by atoms with Crippen molar-refractivity contribution < 1.29 is 28.2 Å². The van der Waals surface area contributed by atoms with Gasteiger partial charge >= 0.3 is 0 Å². The Kier molecular flexibility index (Phi) is 6.95. The van der Waals surface area contributed by atoms with E-state index in [1.54, 1.807) is 4.90 Å². The Bertz CT molecular complexity index is 1090. The van der Waals surface area contributed by atoms with E-state index in [4.69, 9.17) is 4.74 Å². The molecular weight excluding hydrogens is 454 g/mol. The van der Waals surface area contributed by atoms with E-state index >= 15 is 0 Å². The minimum Gasteiger partial charge on any atom is -0.391 e. The second kappa shape index (κ2) is 10.1. The first-order valence-electron chi connectivity index (χ1n) is 12.3. The molecule has 3 heterocycles. The number of aliphatic hydroxyl groups excluding tert-OH is 1. The molecule has 8 heteroatoms. The lowest BCUT2D eigenvalue weighted by Gasteiger charge is -2.34. The zero-order valence-corrected chi connectivity index (χ0v) is 19.5. The van der Waals surface area contributed by atoms with Gasteiger partial charge in [0.15, 0.2) is 5.78 Å². The number of fused-ring (bicyclic) bond motifs is 3. The molecule has 0 radical (unpaired) electrons. The number of nitrogens with zero attached hydrogens (tertiary/aromatic N) is 1. The van der Waals surface area contributed by atoms with Gasteiger partial charge in [-0.05, 0) is 48.9 Å². The minimum atomic E-state index is -2.88. The summed E-state index contributed by atoms with van der Waals surface area (Å²) in [6.45, 7) is 1.57. The van der Waals surface area contributed by atoms with E-state index in [9.17, 15) is 23.5 Å². The maximum absolute atomic E-state index is 13.9. The monoisotopic (exact) mass is 484 g/mol. The molecule has 3 aliphatic rings. The first-order chi connectivity index (χ1) is 16.9. The summed E-state index contributed by atoms with van der Waals surface area (Å²) < 4.78 is 33.3. The second-order valence-corrected chi connectivity index (χ2v) is 9.73. The quantitative estimate of drug-likeness (QED) is 0.587. The predicted molar refractivity (Wildman–Crippen MR) is 126 cm³/mol. The molecule has 6 nitrogen and oxygen atoms in total. The number of hydrogen-bond acceptors (Lipinski definition) is 5. The topological polar surface area (TPSA) is 78.9 Å². The van der Waals surface area contributed by atoms with Gasteiger partial charge in [0.25, 0.3) is 12.3 Å². The number of ether oxygens (including phenoxy) is 1. The Labute approximate surface area is 203 Å².